The number of allylic oxidation sites excluding steroid dienone is 1. The Labute approximate surface area is 190 Å². The highest BCUT2D eigenvalue weighted by molar-refractivity contribution is 5.86. The van der Waals surface area contributed by atoms with Crippen LogP contribution < -0.4 is 5.32 Å². The molecule has 1 aliphatic rings. The standard InChI is InChI=1S/C24H39NO7/c1-2-3-6-9-18(26)14-12-17-13-15-21(27)19(17)10-7-4-5-8-11-22(28)25-20(24(31)32)16-23(29)30/h12,14,17-20,26H,2-11,13,15-16H2,1H3,(H,25,28)(H,29,30)(H,31,32). The average molecular weight is 454 g/mol. The number of aliphatic hydroxyl groups excluding tert-OH is 1. The van der Waals surface area contributed by atoms with Gasteiger partial charge in [-0.15, -0.1) is 0 Å². The Morgan fingerprint density at radius 3 is 2.47 bits per heavy atom. The van der Waals surface area contributed by atoms with Crippen molar-refractivity contribution in [2.24, 2.45) is 11.8 Å². The molecule has 32 heavy (non-hydrogen) atoms. The van der Waals surface area contributed by atoms with E-state index in [1.165, 1.54) is 0 Å². The van der Waals surface area contributed by atoms with Crippen LogP contribution in [0.15, 0.2) is 12.2 Å². The average Bonchev–Trinajstić information content (AvgIpc) is 3.07. The van der Waals surface area contributed by atoms with Gasteiger partial charge in [0.15, 0.2) is 0 Å². The van der Waals surface area contributed by atoms with Crippen molar-refractivity contribution in [3.8, 4) is 0 Å². The number of amides is 1. The molecule has 0 aromatic carbocycles. The second kappa shape index (κ2) is 15.6. The predicted molar refractivity (Wildman–Crippen MR) is 120 cm³/mol. The lowest BCUT2D eigenvalue weighted by atomic mass is 9.89. The van der Waals surface area contributed by atoms with Crippen LogP contribution in [0, 0.1) is 11.8 Å². The number of hydrogen-bond acceptors (Lipinski definition) is 5. The molecule has 0 aromatic rings. The van der Waals surface area contributed by atoms with Crippen LogP contribution in [0.1, 0.15) is 90.4 Å². The number of nitrogens with one attached hydrogen (secondary N) is 1. The highest BCUT2D eigenvalue weighted by Gasteiger charge is 2.32. The van der Waals surface area contributed by atoms with Gasteiger partial charge in [0, 0.05) is 18.8 Å². The molecule has 1 amide bonds. The van der Waals surface area contributed by atoms with Crippen molar-refractivity contribution in [3.05, 3.63) is 12.2 Å². The van der Waals surface area contributed by atoms with Crippen molar-refractivity contribution < 1.29 is 34.5 Å². The number of aliphatic hydroxyl groups is 1. The van der Waals surface area contributed by atoms with Gasteiger partial charge < -0.3 is 20.6 Å². The summed E-state index contributed by atoms with van der Waals surface area (Å²) in [6.07, 6.45) is 12.2. The molecule has 0 spiro atoms. The van der Waals surface area contributed by atoms with Crippen LogP contribution >= 0.6 is 0 Å². The lowest BCUT2D eigenvalue weighted by molar-refractivity contribution is -0.147. The number of carbonyl (C=O) groups is 4. The highest BCUT2D eigenvalue weighted by Crippen LogP contribution is 2.34. The summed E-state index contributed by atoms with van der Waals surface area (Å²) in [7, 11) is 0. The first-order valence-corrected chi connectivity index (χ1v) is 11.9. The van der Waals surface area contributed by atoms with Gasteiger partial charge in [-0.05, 0) is 31.6 Å². The number of carboxylic acids is 2. The maximum atomic E-state index is 12.2. The first-order chi connectivity index (χ1) is 15.2. The molecular formula is C24H39NO7. The van der Waals surface area contributed by atoms with Gasteiger partial charge in [-0.1, -0.05) is 57.6 Å². The van der Waals surface area contributed by atoms with E-state index in [-0.39, 0.29) is 24.0 Å². The third-order valence-corrected chi connectivity index (χ3v) is 6.02. The number of hydrogen-bond donors (Lipinski definition) is 4. The summed E-state index contributed by atoms with van der Waals surface area (Å²) >= 11 is 0. The molecule has 4 atom stereocenters. The summed E-state index contributed by atoms with van der Waals surface area (Å²) in [6.45, 7) is 2.13. The summed E-state index contributed by atoms with van der Waals surface area (Å²) < 4.78 is 0. The summed E-state index contributed by atoms with van der Waals surface area (Å²) in [5, 5.41) is 30.0. The zero-order chi connectivity index (χ0) is 23.9. The van der Waals surface area contributed by atoms with Gasteiger partial charge in [0.25, 0.3) is 0 Å². The summed E-state index contributed by atoms with van der Waals surface area (Å²) in [6, 6.07) is -1.41. The Balaban J connectivity index is 2.27. The van der Waals surface area contributed by atoms with Crippen molar-refractivity contribution >= 4 is 23.6 Å². The molecule has 0 radical (unpaired) electrons. The van der Waals surface area contributed by atoms with E-state index in [9.17, 15) is 24.3 Å². The van der Waals surface area contributed by atoms with Crippen LogP contribution in [-0.2, 0) is 19.2 Å². The number of rotatable bonds is 17. The zero-order valence-corrected chi connectivity index (χ0v) is 19.1. The molecule has 182 valence electrons. The Bertz CT molecular complexity index is 646. The SMILES string of the molecule is CCCCCC(O)C=CC1CCC(=O)C1CCCCCCC(=O)NC(CC(=O)O)C(=O)O. The molecule has 1 fully saturated rings. The number of carboxylic acid groups (broad SMARTS) is 2. The first kappa shape index (κ1) is 27.8. The van der Waals surface area contributed by atoms with Crippen molar-refractivity contribution in [1.29, 1.82) is 0 Å². The lowest BCUT2D eigenvalue weighted by Gasteiger charge is -2.15. The van der Waals surface area contributed by atoms with Gasteiger partial charge in [-0.3, -0.25) is 14.4 Å². The molecule has 0 aromatic heterocycles. The zero-order valence-electron chi connectivity index (χ0n) is 19.1. The van der Waals surface area contributed by atoms with E-state index < -0.39 is 36.4 Å². The maximum absolute atomic E-state index is 12.2. The normalized spacial score (nSPS) is 20.4. The first-order valence-electron chi connectivity index (χ1n) is 11.9. The van der Waals surface area contributed by atoms with Gasteiger partial charge >= 0.3 is 11.9 Å². The number of Topliss-reactive ketones (excluding diaryl/α,β-unsaturated/α-hetero) is 1. The number of unbranched alkanes of at least 4 members (excludes halogenated alkanes) is 5. The highest BCUT2D eigenvalue weighted by atomic mass is 16.4. The minimum atomic E-state index is -1.41. The number of ketones is 1. The Morgan fingerprint density at radius 1 is 1.09 bits per heavy atom. The van der Waals surface area contributed by atoms with E-state index in [1.807, 2.05) is 12.2 Å². The molecule has 1 saturated carbocycles. The largest absolute Gasteiger partial charge is 0.481 e. The summed E-state index contributed by atoms with van der Waals surface area (Å²) in [5.41, 5.74) is 0. The minimum Gasteiger partial charge on any atom is -0.481 e. The van der Waals surface area contributed by atoms with Gasteiger partial charge in [-0.2, -0.15) is 0 Å². The van der Waals surface area contributed by atoms with Crippen molar-refractivity contribution in [1.82, 2.24) is 5.32 Å². The van der Waals surface area contributed by atoms with Gasteiger partial charge in [0.05, 0.1) is 12.5 Å². The van der Waals surface area contributed by atoms with Gasteiger partial charge in [-0.25, -0.2) is 4.79 Å². The van der Waals surface area contributed by atoms with Crippen molar-refractivity contribution in [3.63, 3.8) is 0 Å². The Hall–Kier alpha value is -2.22. The van der Waals surface area contributed by atoms with E-state index >= 15 is 0 Å². The van der Waals surface area contributed by atoms with Gasteiger partial charge in [0.2, 0.25) is 5.91 Å². The maximum Gasteiger partial charge on any atom is 0.326 e. The number of aliphatic carboxylic acids is 2. The second-order valence-electron chi connectivity index (χ2n) is 8.73. The summed E-state index contributed by atoms with van der Waals surface area (Å²) in [5.74, 6) is -2.62. The van der Waals surface area contributed by atoms with E-state index in [0.717, 1.165) is 57.8 Å². The molecule has 0 bridgehead atoms. The Morgan fingerprint density at radius 2 is 1.81 bits per heavy atom. The van der Waals surface area contributed by atoms with E-state index in [2.05, 4.69) is 12.2 Å². The van der Waals surface area contributed by atoms with Crippen molar-refractivity contribution in [2.45, 2.75) is 103 Å². The molecule has 0 heterocycles. The molecule has 1 aliphatic carbocycles. The van der Waals surface area contributed by atoms with Crippen molar-refractivity contribution in [2.75, 3.05) is 0 Å². The molecule has 8 nitrogen and oxygen atoms in total. The van der Waals surface area contributed by atoms with E-state index in [0.29, 0.717) is 12.8 Å². The fraction of sp³-hybridized carbons (Fsp3) is 0.750. The van der Waals surface area contributed by atoms with Crippen LogP contribution in [0.3, 0.4) is 0 Å². The van der Waals surface area contributed by atoms with Crippen LogP contribution in [-0.4, -0.2) is 51.1 Å². The van der Waals surface area contributed by atoms with E-state index in [4.69, 9.17) is 10.2 Å². The monoisotopic (exact) mass is 453 g/mol. The van der Waals surface area contributed by atoms with Crippen LogP contribution in [0.5, 0.6) is 0 Å². The van der Waals surface area contributed by atoms with Gasteiger partial charge in [0.1, 0.15) is 11.8 Å². The molecule has 4 unspecified atom stereocenters. The van der Waals surface area contributed by atoms with E-state index in [1.54, 1.807) is 0 Å². The quantitative estimate of drug-likeness (QED) is 0.195. The summed E-state index contributed by atoms with van der Waals surface area (Å²) in [4.78, 5) is 45.7. The second-order valence-corrected chi connectivity index (χ2v) is 8.73. The van der Waals surface area contributed by atoms with Crippen LogP contribution in [0.25, 0.3) is 0 Å². The molecular weight excluding hydrogens is 414 g/mol. The lowest BCUT2D eigenvalue weighted by Crippen LogP contribution is -2.42. The van der Waals surface area contributed by atoms with Crippen LogP contribution in [0.2, 0.25) is 0 Å². The molecule has 1 rings (SSSR count). The fourth-order valence-corrected chi connectivity index (χ4v) is 4.15. The minimum absolute atomic E-state index is 0.00438. The number of carbonyl (C=O) groups excluding carboxylic acids is 2. The third-order valence-electron chi connectivity index (χ3n) is 6.02. The predicted octanol–water partition coefficient (Wildman–Crippen LogP) is 3.46. The smallest absolute Gasteiger partial charge is 0.326 e. The molecule has 0 aliphatic heterocycles. The van der Waals surface area contributed by atoms with Crippen LogP contribution in [0.4, 0.5) is 0 Å². The topological polar surface area (TPSA) is 141 Å². The Kier molecular flexibility index (Phi) is 13.5. The molecule has 4 N–H and O–H groups in total. The third kappa shape index (κ3) is 11.4. The molecule has 8 heteroatoms. The fourth-order valence-electron chi connectivity index (χ4n) is 4.15. The molecule has 0 saturated heterocycles.